The average molecular weight is 407 g/mol. The van der Waals surface area contributed by atoms with Crippen LogP contribution in [0.4, 0.5) is 8.78 Å². The lowest BCUT2D eigenvalue weighted by atomic mass is 9.93. The Bertz CT molecular complexity index is 961. The number of halogens is 2. The predicted molar refractivity (Wildman–Crippen MR) is 95.0 cm³/mol. The number of rotatable bonds is 3. The second-order valence-corrected chi connectivity index (χ2v) is 7.14. The van der Waals surface area contributed by atoms with Crippen molar-refractivity contribution in [3.05, 3.63) is 58.1 Å². The normalized spacial score (nSPS) is 24.1. The summed E-state index contributed by atoms with van der Waals surface area (Å²) in [5, 5.41) is 23.5. The maximum Gasteiger partial charge on any atom is 0.273 e. The van der Waals surface area contributed by atoms with E-state index in [0.29, 0.717) is 12.6 Å². The van der Waals surface area contributed by atoms with Gasteiger partial charge in [-0.2, -0.15) is 0 Å². The lowest BCUT2D eigenvalue weighted by molar-refractivity contribution is -0.135. The van der Waals surface area contributed by atoms with Crippen molar-refractivity contribution in [1.29, 1.82) is 0 Å². The van der Waals surface area contributed by atoms with E-state index in [0.717, 1.165) is 6.07 Å². The molecule has 3 aliphatic heterocycles. The molecule has 0 bridgehead atoms. The molecule has 2 atom stereocenters. The summed E-state index contributed by atoms with van der Waals surface area (Å²) in [5.41, 5.74) is 0.0928. The second kappa shape index (κ2) is 7.12. The molecule has 2 amide bonds. The Kier molecular flexibility index (Phi) is 4.75. The largest absolute Gasteiger partial charge is 0.507 e. The second-order valence-electron chi connectivity index (χ2n) is 7.14. The number of ether oxygens (including phenoxy) is 1. The van der Waals surface area contributed by atoms with Crippen LogP contribution in [0.3, 0.4) is 0 Å². The molecule has 10 heteroatoms. The van der Waals surface area contributed by atoms with E-state index in [4.69, 9.17) is 4.74 Å². The summed E-state index contributed by atoms with van der Waals surface area (Å²) in [6.07, 6.45) is -1.73. The van der Waals surface area contributed by atoms with Crippen LogP contribution in [-0.2, 0) is 20.9 Å². The van der Waals surface area contributed by atoms with Gasteiger partial charge in [-0.25, -0.2) is 8.78 Å². The maximum absolute atomic E-state index is 13.8. The van der Waals surface area contributed by atoms with E-state index < -0.39 is 35.3 Å². The number of carbonyl (C=O) groups excluding carboxylic acids is 2. The van der Waals surface area contributed by atoms with Crippen molar-refractivity contribution < 1.29 is 33.3 Å². The molecule has 0 radical (unpaired) electrons. The summed E-state index contributed by atoms with van der Waals surface area (Å²) in [4.78, 5) is 28.3. The number of benzene rings is 1. The summed E-state index contributed by atoms with van der Waals surface area (Å²) in [5.74, 6) is -3.39. The van der Waals surface area contributed by atoms with Crippen molar-refractivity contribution in [3.8, 4) is 0 Å². The van der Waals surface area contributed by atoms with Crippen molar-refractivity contribution in [2.75, 3.05) is 26.8 Å². The van der Waals surface area contributed by atoms with E-state index >= 15 is 0 Å². The van der Waals surface area contributed by atoms with Gasteiger partial charge in [-0.15, -0.1) is 0 Å². The van der Waals surface area contributed by atoms with Crippen LogP contribution in [0, 0.1) is 11.6 Å². The highest BCUT2D eigenvalue weighted by atomic mass is 19.1. The third kappa shape index (κ3) is 3.14. The molecule has 1 aromatic rings. The standard InChI is InChI=1S/C19H19F2N3O5/c1-23-6-11-7-29-8-13-14(16(25)17(26)15(19(23)28)24(11)13)18(27)22-5-9-2-3-10(20)4-12(9)21/h2-4,11,16,25-26H,5-8H2,1H3,(H,22,27). The molecule has 4 rings (SSSR count). The highest BCUT2D eigenvalue weighted by Gasteiger charge is 2.48. The van der Waals surface area contributed by atoms with Gasteiger partial charge in [0.15, 0.2) is 5.76 Å². The molecule has 0 saturated carbocycles. The minimum atomic E-state index is -1.73. The van der Waals surface area contributed by atoms with E-state index in [-0.39, 0.29) is 48.3 Å². The molecule has 1 aromatic carbocycles. The number of aliphatic hydroxyl groups is 2. The van der Waals surface area contributed by atoms with Crippen LogP contribution < -0.4 is 5.32 Å². The number of morpholine rings is 1. The van der Waals surface area contributed by atoms with Crippen LogP contribution in [0.15, 0.2) is 40.9 Å². The van der Waals surface area contributed by atoms with Crippen molar-refractivity contribution in [2.45, 2.75) is 18.7 Å². The van der Waals surface area contributed by atoms with E-state index in [2.05, 4.69) is 5.32 Å². The third-order valence-corrected chi connectivity index (χ3v) is 5.26. The topological polar surface area (TPSA) is 102 Å². The van der Waals surface area contributed by atoms with Crippen molar-refractivity contribution in [2.24, 2.45) is 0 Å². The van der Waals surface area contributed by atoms with E-state index in [1.165, 1.54) is 11.0 Å². The van der Waals surface area contributed by atoms with Gasteiger partial charge in [-0.3, -0.25) is 9.59 Å². The number of amides is 2. The third-order valence-electron chi connectivity index (χ3n) is 5.26. The van der Waals surface area contributed by atoms with Crippen LogP contribution >= 0.6 is 0 Å². The zero-order valence-electron chi connectivity index (χ0n) is 15.5. The van der Waals surface area contributed by atoms with Crippen LogP contribution in [0.25, 0.3) is 0 Å². The summed E-state index contributed by atoms with van der Waals surface area (Å²) in [6.45, 7) is 0.321. The Morgan fingerprint density at radius 3 is 2.86 bits per heavy atom. The van der Waals surface area contributed by atoms with Gasteiger partial charge in [0.05, 0.1) is 30.5 Å². The van der Waals surface area contributed by atoms with E-state index in [9.17, 15) is 28.6 Å². The average Bonchev–Trinajstić information content (AvgIpc) is 2.67. The summed E-state index contributed by atoms with van der Waals surface area (Å²) in [7, 11) is 1.57. The smallest absolute Gasteiger partial charge is 0.273 e. The van der Waals surface area contributed by atoms with Gasteiger partial charge in [0.2, 0.25) is 0 Å². The Morgan fingerprint density at radius 2 is 2.14 bits per heavy atom. The van der Waals surface area contributed by atoms with Crippen molar-refractivity contribution >= 4 is 11.8 Å². The molecule has 0 aliphatic carbocycles. The summed E-state index contributed by atoms with van der Waals surface area (Å²) < 4.78 is 32.4. The Balaban J connectivity index is 1.64. The summed E-state index contributed by atoms with van der Waals surface area (Å²) >= 11 is 0. The highest BCUT2D eigenvalue weighted by molar-refractivity contribution is 6.00. The van der Waals surface area contributed by atoms with E-state index in [1.54, 1.807) is 11.9 Å². The molecule has 154 valence electrons. The first-order valence-corrected chi connectivity index (χ1v) is 8.98. The van der Waals surface area contributed by atoms with Crippen molar-refractivity contribution in [1.82, 2.24) is 15.1 Å². The molecule has 3 N–H and O–H groups in total. The van der Waals surface area contributed by atoms with Gasteiger partial charge in [0.1, 0.15) is 23.4 Å². The SMILES string of the molecule is CN1CC2COCC3=C(C(=O)NCc4ccc(F)cc4F)C(O)C(O)=C(C1=O)N32. The fraction of sp³-hybridized carbons (Fsp3) is 0.368. The molecule has 2 unspecified atom stereocenters. The quantitative estimate of drug-likeness (QED) is 0.660. The predicted octanol–water partition coefficient (Wildman–Crippen LogP) is 0.152. The fourth-order valence-corrected chi connectivity index (χ4v) is 3.85. The summed E-state index contributed by atoms with van der Waals surface area (Å²) in [6, 6.07) is 2.66. The molecular formula is C19H19F2N3O5. The van der Waals surface area contributed by atoms with Crippen LogP contribution in [0.2, 0.25) is 0 Å². The number of nitrogens with zero attached hydrogens (tertiary/aromatic N) is 2. The molecule has 29 heavy (non-hydrogen) atoms. The van der Waals surface area contributed by atoms with Gasteiger partial charge >= 0.3 is 0 Å². The Hall–Kier alpha value is -2.98. The van der Waals surface area contributed by atoms with Gasteiger partial charge < -0.3 is 30.1 Å². The minimum Gasteiger partial charge on any atom is -0.507 e. The first-order chi connectivity index (χ1) is 13.8. The monoisotopic (exact) mass is 407 g/mol. The van der Waals surface area contributed by atoms with Crippen molar-refractivity contribution in [3.63, 3.8) is 0 Å². The lowest BCUT2D eigenvalue weighted by Gasteiger charge is -2.48. The maximum atomic E-state index is 13.8. The van der Waals surface area contributed by atoms with Crippen LogP contribution in [0.5, 0.6) is 0 Å². The number of carbonyl (C=O) groups is 2. The number of nitrogens with one attached hydrogen (secondary N) is 1. The molecule has 3 heterocycles. The van der Waals surface area contributed by atoms with Gasteiger partial charge in [0.25, 0.3) is 11.8 Å². The fourth-order valence-electron chi connectivity index (χ4n) is 3.85. The number of likely N-dealkylation sites (N-methyl/N-ethyl adjacent to an activating group) is 1. The number of aliphatic hydroxyl groups excluding tert-OH is 2. The number of hydrogen-bond acceptors (Lipinski definition) is 6. The molecule has 0 spiro atoms. The molecule has 2 fully saturated rings. The first-order valence-electron chi connectivity index (χ1n) is 8.98. The Labute approximate surface area is 164 Å². The van der Waals surface area contributed by atoms with Gasteiger partial charge in [-0.05, 0) is 6.07 Å². The molecule has 3 aliphatic rings. The zero-order valence-corrected chi connectivity index (χ0v) is 15.5. The zero-order chi connectivity index (χ0) is 20.9. The minimum absolute atomic E-state index is 0.0327. The van der Waals surface area contributed by atoms with Crippen LogP contribution in [-0.4, -0.2) is 70.8 Å². The molecule has 8 nitrogen and oxygen atoms in total. The van der Waals surface area contributed by atoms with Crippen LogP contribution in [0.1, 0.15) is 5.56 Å². The molecule has 0 aromatic heterocycles. The van der Waals surface area contributed by atoms with E-state index in [1.807, 2.05) is 0 Å². The molecule has 2 saturated heterocycles. The Morgan fingerprint density at radius 1 is 1.38 bits per heavy atom. The lowest BCUT2D eigenvalue weighted by Crippen LogP contribution is -2.60. The molecular weight excluding hydrogens is 388 g/mol. The first kappa shape index (κ1) is 19.3. The highest BCUT2D eigenvalue weighted by Crippen LogP contribution is 2.37. The van der Waals surface area contributed by atoms with Gasteiger partial charge in [0, 0.05) is 31.8 Å². The van der Waals surface area contributed by atoms with Gasteiger partial charge in [-0.1, -0.05) is 6.07 Å². The number of hydrogen-bond donors (Lipinski definition) is 3. The number of piperazine rings is 1.